The molecule has 19 heavy (non-hydrogen) atoms. The molecule has 0 radical (unpaired) electrons. The van der Waals surface area contributed by atoms with E-state index in [0.717, 1.165) is 24.8 Å². The fourth-order valence-electron chi connectivity index (χ4n) is 1.72. The number of aryl methyl sites for hydroxylation is 1. The summed E-state index contributed by atoms with van der Waals surface area (Å²) >= 11 is 5.66. The van der Waals surface area contributed by atoms with Gasteiger partial charge in [-0.3, -0.25) is 0 Å². The molecule has 0 atom stereocenters. The van der Waals surface area contributed by atoms with Crippen molar-refractivity contribution in [2.45, 2.75) is 50.5 Å². The highest BCUT2D eigenvalue weighted by atomic mass is 35.5. The summed E-state index contributed by atoms with van der Waals surface area (Å²) < 4.78 is 27.4. The van der Waals surface area contributed by atoms with Crippen molar-refractivity contribution in [2.24, 2.45) is 0 Å². The third-order valence-corrected chi connectivity index (χ3v) is 5.40. The Bertz CT molecular complexity index is 493. The van der Waals surface area contributed by atoms with E-state index < -0.39 is 15.6 Å². The van der Waals surface area contributed by atoms with Crippen LogP contribution in [-0.4, -0.2) is 19.8 Å². The number of alkyl halides is 1. The Morgan fingerprint density at radius 3 is 2.11 bits per heavy atom. The maximum absolute atomic E-state index is 12.3. The molecule has 0 bridgehead atoms. The first kappa shape index (κ1) is 16.5. The number of hydrogen-bond donors (Lipinski definition) is 1. The first-order chi connectivity index (χ1) is 8.87. The normalized spacial score (nSPS) is 12.6. The van der Waals surface area contributed by atoms with Crippen LogP contribution < -0.4 is 4.72 Å². The maximum Gasteiger partial charge on any atom is 0.241 e. The van der Waals surface area contributed by atoms with Gasteiger partial charge >= 0.3 is 0 Å². The lowest BCUT2D eigenvalue weighted by Crippen LogP contribution is -2.44. The standard InChI is InChI=1S/C14H22ClNO2S/c1-4-14(3,5-2)16-19(17,18)13-8-6-12(7-9-13)10-11-15/h6-9,16H,4-5,10-11H2,1-3H3. The van der Waals surface area contributed by atoms with Crippen LogP contribution in [0, 0.1) is 0 Å². The predicted octanol–water partition coefficient (Wildman–Crippen LogP) is 3.32. The van der Waals surface area contributed by atoms with Crippen molar-refractivity contribution in [3.05, 3.63) is 29.8 Å². The van der Waals surface area contributed by atoms with E-state index in [-0.39, 0.29) is 0 Å². The molecule has 0 aromatic heterocycles. The molecule has 0 amide bonds. The van der Waals surface area contributed by atoms with Crippen molar-refractivity contribution in [1.82, 2.24) is 4.72 Å². The average molecular weight is 304 g/mol. The molecule has 0 saturated carbocycles. The Hall–Kier alpha value is -0.580. The van der Waals surface area contributed by atoms with Crippen LogP contribution in [0.1, 0.15) is 39.2 Å². The summed E-state index contributed by atoms with van der Waals surface area (Å²) in [4.78, 5) is 0.305. The van der Waals surface area contributed by atoms with E-state index in [9.17, 15) is 8.42 Å². The SMILES string of the molecule is CCC(C)(CC)NS(=O)(=O)c1ccc(CCCl)cc1. The van der Waals surface area contributed by atoms with Crippen molar-refractivity contribution in [3.8, 4) is 0 Å². The van der Waals surface area contributed by atoms with E-state index >= 15 is 0 Å². The van der Waals surface area contributed by atoms with Crippen LogP contribution in [0.3, 0.4) is 0 Å². The molecule has 0 aliphatic heterocycles. The van der Waals surface area contributed by atoms with Gasteiger partial charge < -0.3 is 0 Å². The number of hydrogen-bond acceptors (Lipinski definition) is 2. The second-order valence-electron chi connectivity index (χ2n) is 4.96. The summed E-state index contributed by atoms with van der Waals surface area (Å²) in [5.41, 5.74) is 0.649. The summed E-state index contributed by atoms with van der Waals surface area (Å²) in [6.45, 7) is 5.89. The fraction of sp³-hybridized carbons (Fsp3) is 0.571. The number of halogens is 1. The first-order valence-corrected chi connectivity index (χ1v) is 8.57. The lowest BCUT2D eigenvalue weighted by atomic mass is 9.98. The zero-order chi connectivity index (χ0) is 14.5. The molecule has 108 valence electrons. The highest BCUT2D eigenvalue weighted by molar-refractivity contribution is 7.89. The molecule has 0 spiro atoms. The molecule has 1 rings (SSSR count). The monoisotopic (exact) mass is 303 g/mol. The molecule has 1 aromatic carbocycles. The van der Waals surface area contributed by atoms with Crippen LogP contribution in [-0.2, 0) is 16.4 Å². The first-order valence-electron chi connectivity index (χ1n) is 6.56. The average Bonchev–Trinajstić information content (AvgIpc) is 2.39. The summed E-state index contributed by atoms with van der Waals surface area (Å²) in [6, 6.07) is 6.89. The minimum atomic E-state index is -3.46. The van der Waals surface area contributed by atoms with Crippen molar-refractivity contribution in [2.75, 3.05) is 5.88 Å². The molecule has 0 unspecified atom stereocenters. The lowest BCUT2D eigenvalue weighted by molar-refractivity contribution is 0.388. The largest absolute Gasteiger partial charge is 0.241 e. The van der Waals surface area contributed by atoms with Crippen LogP contribution >= 0.6 is 11.6 Å². The number of nitrogens with one attached hydrogen (secondary N) is 1. The van der Waals surface area contributed by atoms with Gasteiger partial charge in [0, 0.05) is 11.4 Å². The van der Waals surface area contributed by atoms with E-state index in [1.807, 2.05) is 32.9 Å². The van der Waals surface area contributed by atoms with Gasteiger partial charge in [0.2, 0.25) is 10.0 Å². The van der Waals surface area contributed by atoms with Gasteiger partial charge in [0.25, 0.3) is 0 Å². The predicted molar refractivity (Wildman–Crippen MR) is 80.2 cm³/mol. The molecule has 0 aliphatic carbocycles. The summed E-state index contributed by atoms with van der Waals surface area (Å²) in [7, 11) is -3.46. The minimum absolute atomic E-state index is 0.305. The topological polar surface area (TPSA) is 46.2 Å². The highest BCUT2D eigenvalue weighted by Crippen LogP contribution is 2.19. The van der Waals surface area contributed by atoms with E-state index in [1.165, 1.54) is 0 Å². The Labute approximate surface area is 121 Å². The number of benzene rings is 1. The Morgan fingerprint density at radius 1 is 1.16 bits per heavy atom. The number of rotatable bonds is 7. The van der Waals surface area contributed by atoms with Gasteiger partial charge in [-0.05, 0) is 43.9 Å². The Morgan fingerprint density at radius 2 is 1.68 bits per heavy atom. The zero-order valence-electron chi connectivity index (χ0n) is 11.7. The zero-order valence-corrected chi connectivity index (χ0v) is 13.3. The smallest absolute Gasteiger partial charge is 0.207 e. The molecule has 0 fully saturated rings. The molecule has 3 nitrogen and oxygen atoms in total. The van der Waals surface area contributed by atoms with Crippen molar-refractivity contribution in [1.29, 1.82) is 0 Å². The van der Waals surface area contributed by atoms with Gasteiger partial charge in [0.15, 0.2) is 0 Å². The van der Waals surface area contributed by atoms with E-state index in [2.05, 4.69) is 4.72 Å². The van der Waals surface area contributed by atoms with Gasteiger partial charge in [-0.15, -0.1) is 11.6 Å². The van der Waals surface area contributed by atoms with Crippen molar-refractivity contribution < 1.29 is 8.42 Å². The molecular formula is C14H22ClNO2S. The molecular weight excluding hydrogens is 282 g/mol. The van der Waals surface area contributed by atoms with Crippen molar-refractivity contribution in [3.63, 3.8) is 0 Å². The van der Waals surface area contributed by atoms with Crippen LogP contribution in [0.25, 0.3) is 0 Å². The van der Waals surface area contributed by atoms with Crippen molar-refractivity contribution >= 4 is 21.6 Å². The molecule has 0 saturated heterocycles. The molecule has 1 N–H and O–H groups in total. The highest BCUT2D eigenvalue weighted by Gasteiger charge is 2.27. The van der Waals surface area contributed by atoms with Crippen LogP contribution in [0.5, 0.6) is 0 Å². The van der Waals surface area contributed by atoms with Gasteiger partial charge in [0.1, 0.15) is 0 Å². The van der Waals surface area contributed by atoms with Crippen LogP contribution in [0.2, 0.25) is 0 Å². The molecule has 1 aromatic rings. The van der Waals surface area contributed by atoms with E-state index in [4.69, 9.17) is 11.6 Å². The second kappa shape index (κ2) is 6.73. The Balaban J connectivity index is 2.94. The third kappa shape index (κ3) is 4.48. The van der Waals surface area contributed by atoms with Gasteiger partial charge in [-0.2, -0.15) is 0 Å². The third-order valence-electron chi connectivity index (χ3n) is 3.56. The maximum atomic E-state index is 12.3. The van der Waals surface area contributed by atoms with Gasteiger partial charge in [-0.25, -0.2) is 13.1 Å². The quantitative estimate of drug-likeness (QED) is 0.785. The summed E-state index contributed by atoms with van der Waals surface area (Å²) in [5, 5.41) is 0. The molecule has 0 aliphatic rings. The van der Waals surface area contributed by atoms with Crippen LogP contribution in [0.4, 0.5) is 0 Å². The fourth-order valence-corrected chi connectivity index (χ4v) is 3.49. The van der Waals surface area contributed by atoms with Gasteiger partial charge in [0.05, 0.1) is 4.90 Å². The summed E-state index contributed by atoms with van der Waals surface area (Å²) in [5.74, 6) is 0.536. The molecule has 5 heteroatoms. The van der Waals surface area contributed by atoms with Gasteiger partial charge in [-0.1, -0.05) is 26.0 Å². The van der Waals surface area contributed by atoms with E-state index in [0.29, 0.717) is 10.8 Å². The lowest BCUT2D eigenvalue weighted by Gasteiger charge is -2.27. The van der Waals surface area contributed by atoms with E-state index in [1.54, 1.807) is 12.1 Å². The number of sulfonamides is 1. The second-order valence-corrected chi connectivity index (χ2v) is 7.02. The Kier molecular flexibility index (Phi) is 5.83. The molecule has 0 heterocycles. The summed E-state index contributed by atoms with van der Waals surface area (Å²) in [6.07, 6.45) is 2.26. The van der Waals surface area contributed by atoms with Crippen LogP contribution in [0.15, 0.2) is 29.2 Å². The minimum Gasteiger partial charge on any atom is -0.207 e.